The Morgan fingerprint density at radius 2 is 1.66 bits per heavy atom. The van der Waals surface area contributed by atoms with E-state index in [1.165, 1.54) is 44.5 Å². The standard InChI is InChI=1S/C20H27N5.C2HF3O2/c1-17-5-6-19(23-22-17)25-14-9-20(10-15-25)7-12-24(13-8-20)16-18-4-2-3-11-21-18;3-2(4,5)1(6)7/h2-6,11H,7-10,12-16H2,1H3;(H,6,7). The molecule has 32 heavy (non-hydrogen) atoms. The summed E-state index contributed by atoms with van der Waals surface area (Å²) in [6.45, 7) is 7.58. The zero-order valence-corrected chi connectivity index (χ0v) is 18.1. The van der Waals surface area contributed by atoms with Gasteiger partial charge in [-0.3, -0.25) is 9.88 Å². The van der Waals surface area contributed by atoms with Gasteiger partial charge >= 0.3 is 12.1 Å². The molecule has 0 unspecified atom stereocenters. The highest BCUT2D eigenvalue weighted by atomic mass is 19.4. The van der Waals surface area contributed by atoms with Crippen molar-refractivity contribution < 1.29 is 23.1 Å². The van der Waals surface area contributed by atoms with E-state index in [0.29, 0.717) is 5.41 Å². The number of pyridine rings is 1. The molecular formula is C22H28F3N5O2. The molecule has 10 heteroatoms. The normalized spacial score (nSPS) is 18.7. The number of alkyl halides is 3. The molecule has 1 N–H and O–H groups in total. The second-order valence-electron chi connectivity index (χ2n) is 8.42. The van der Waals surface area contributed by atoms with Gasteiger partial charge < -0.3 is 10.0 Å². The van der Waals surface area contributed by atoms with Crippen LogP contribution in [0, 0.1) is 12.3 Å². The van der Waals surface area contributed by atoms with Gasteiger partial charge in [0.05, 0.1) is 11.4 Å². The van der Waals surface area contributed by atoms with Crippen molar-refractivity contribution in [2.75, 3.05) is 31.1 Å². The minimum Gasteiger partial charge on any atom is -0.475 e. The number of carbonyl (C=O) groups is 1. The second-order valence-corrected chi connectivity index (χ2v) is 8.42. The summed E-state index contributed by atoms with van der Waals surface area (Å²) >= 11 is 0. The first-order chi connectivity index (χ1) is 15.2. The highest BCUT2D eigenvalue weighted by Gasteiger charge is 2.38. The molecule has 7 nitrogen and oxygen atoms in total. The Balaban J connectivity index is 0.000000360. The SMILES string of the molecule is Cc1ccc(N2CCC3(CCN(Cc4ccccn4)CC3)CC2)nn1.O=C(O)C(F)(F)F. The summed E-state index contributed by atoms with van der Waals surface area (Å²) in [7, 11) is 0. The molecule has 2 fully saturated rings. The largest absolute Gasteiger partial charge is 0.490 e. The Hall–Kier alpha value is -2.75. The second kappa shape index (κ2) is 10.2. The minimum absolute atomic E-state index is 0.537. The minimum atomic E-state index is -5.08. The molecule has 2 saturated heterocycles. The molecule has 2 aromatic rings. The molecule has 4 heterocycles. The molecule has 2 aliphatic rings. The fourth-order valence-corrected chi connectivity index (χ4v) is 4.18. The van der Waals surface area contributed by atoms with Crippen LogP contribution in [-0.2, 0) is 11.3 Å². The van der Waals surface area contributed by atoms with E-state index in [1.54, 1.807) is 0 Å². The number of anilines is 1. The van der Waals surface area contributed by atoms with Crippen LogP contribution < -0.4 is 4.90 Å². The number of nitrogens with zero attached hydrogens (tertiary/aromatic N) is 5. The van der Waals surface area contributed by atoms with Gasteiger partial charge in [-0.2, -0.15) is 18.3 Å². The quantitative estimate of drug-likeness (QED) is 0.762. The molecule has 0 amide bonds. The van der Waals surface area contributed by atoms with E-state index in [-0.39, 0.29) is 0 Å². The maximum atomic E-state index is 10.6. The number of hydrogen-bond acceptors (Lipinski definition) is 6. The van der Waals surface area contributed by atoms with Crippen LogP contribution in [-0.4, -0.2) is 63.5 Å². The monoisotopic (exact) mass is 451 g/mol. The van der Waals surface area contributed by atoms with Gasteiger partial charge in [-0.05, 0) is 75.4 Å². The number of carboxylic acid groups (broad SMARTS) is 1. The van der Waals surface area contributed by atoms with Crippen molar-refractivity contribution >= 4 is 11.8 Å². The number of hydrogen-bond donors (Lipinski definition) is 1. The third-order valence-electron chi connectivity index (χ3n) is 6.20. The van der Waals surface area contributed by atoms with E-state index >= 15 is 0 Å². The van der Waals surface area contributed by atoms with Crippen molar-refractivity contribution in [3.8, 4) is 0 Å². The third kappa shape index (κ3) is 6.62. The number of halogens is 3. The Bertz CT molecular complexity index is 859. The Morgan fingerprint density at radius 1 is 1.03 bits per heavy atom. The molecule has 0 aliphatic carbocycles. The van der Waals surface area contributed by atoms with Crippen LogP contribution in [0.4, 0.5) is 19.0 Å². The first-order valence-electron chi connectivity index (χ1n) is 10.6. The summed E-state index contributed by atoms with van der Waals surface area (Å²) in [6, 6.07) is 10.4. The van der Waals surface area contributed by atoms with Crippen LogP contribution >= 0.6 is 0 Å². The van der Waals surface area contributed by atoms with Crippen molar-refractivity contribution in [3.05, 3.63) is 47.9 Å². The molecule has 0 aromatic carbocycles. The number of aryl methyl sites for hydroxylation is 1. The third-order valence-corrected chi connectivity index (χ3v) is 6.20. The van der Waals surface area contributed by atoms with Crippen LogP contribution in [0.1, 0.15) is 37.1 Å². The van der Waals surface area contributed by atoms with E-state index in [0.717, 1.165) is 31.1 Å². The van der Waals surface area contributed by atoms with E-state index in [1.807, 2.05) is 19.2 Å². The summed E-state index contributed by atoms with van der Waals surface area (Å²) in [5.41, 5.74) is 2.71. The van der Waals surface area contributed by atoms with E-state index in [2.05, 4.69) is 49.2 Å². The van der Waals surface area contributed by atoms with Gasteiger partial charge in [-0.25, -0.2) is 4.79 Å². The van der Waals surface area contributed by atoms with Crippen LogP contribution in [0.25, 0.3) is 0 Å². The molecule has 1 spiro atoms. The van der Waals surface area contributed by atoms with Crippen LogP contribution in [0.3, 0.4) is 0 Å². The van der Waals surface area contributed by atoms with Crippen molar-refractivity contribution in [1.82, 2.24) is 20.1 Å². The van der Waals surface area contributed by atoms with Gasteiger partial charge in [0.25, 0.3) is 0 Å². The summed E-state index contributed by atoms with van der Waals surface area (Å²) < 4.78 is 31.7. The zero-order valence-electron chi connectivity index (χ0n) is 18.1. The summed E-state index contributed by atoms with van der Waals surface area (Å²) in [5, 5.41) is 15.7. The summed E-state index contributed by atoms with van der Waals surface area (Å²) in [4.78, 5) is 18.3. The lowest BCUT2D eigenvalue weighted by molar-refractivity contribution is -0.192. The van der Waals surface area contributed by atoms with Gasteiger partial charge in [0.1, 0.15) is 0 Å². The van der Waals surface area contributed by atoms with Gasteiger partial charge in [0.2, 0.25) is 0 Å². The average molecular weight is 451 g/mol. The highest BCUT2D eigenvalue weighted by molar-refractivity contribution is 5.73. The molecule has 174 valence electrons. The first kappa shape index (κ1) is 23.9. The number of aromatic nitrogens is 3. The van der Waals surface area contributed by atoms with Crippen molar-refractivity contribution in [1.29, 1.82) is 0 Å². The van der Waals surface area contributed by atoms with Crippen molar-refractivity contribution in [2.24, 2.45) is 5.41 Å². The van der Waals surface area contributed by atoms with Crippen molar-refractivity contribution in [2.45, 2.75) is 45.3 Å². The van der Waals surface area contributed by atoms with Crippen LogP contribution in [0.5, 0.6) is 0 Å². The van der Waals surface area contributed by atoms with E-state index < -0.39 is 12.1 Å². The summed E-state index contributed by atoms with van der Waals surface area (Å²) in [6.07, 6.45) is 1.99. The van der Waals surface area contributed by atoms with Crippen molar-refractivity contribution in [3.63, 3.8) is 0 Å². The van der Waals surface area contributed by atoms with E-state index in [9.17, 15) is 13.2 Å². The molecule has 2 aliphatic heterocycles. The maximum Gasteiger partial charge on any atom is 0.490 e. The number of rotatable bonds is 3. The zero-order chi connectivity index (χ0) is 23.2. The Morgan fingerprint density at radius 3 is 2.16 bits per heavy atom. The molecule has 0 radical (unpaired) electrons. The van der Waals surface area contributed by atoms with Crippen LogP contribution in [0.2, 0.25) is 0 Å². The van der Waals surface area contributed by atoms with E-state index in [4.69, 9.17) is 9.90 Å². The average Bonchev–Trinajstić information content (AvgIpc) is 2.77. The lowest BCUT2D eigenvalue weighted by Crippen LogP contribution is -2.47. The fraction of sp³-hybridized carbons (Fsp3) is 0.545. The maximum absolute atomic E-state index is 10.6. The molecule has 4 rings (SSSR count). The molecule has 0 atom stereocenters. The predicted octanol–water partition coefficient (Wildman–Crippen LogP) is 3.70. The Kier molecular flexibility index (Phi) is 7.65. The molecular weight excluding hydrogens is 423 g/mol. The molecule has 2 aromatic heterocycles. The first-order valence-corrected chi connectivity index (χ1v) is 10.6. The van der Waals surface area contributed by atoms with Gasteiger partial charge in [-0.15, -0.1) is 5.10 Å². The number of aliphatic carboxylic acids is 1. The molecule has 0 saturated carbocycles. The Labute approximate surface area is 185 Å². The van der Waals surface area contributed by atoms with Gasteiger partial charge in [-0.1, -0.05) is 6.07 Å². The fourth-order valence-electron chi connectivity index (χ4n) is 4.18. The summed E-state index contributed by atoms with van der Waals surface area (Å²) in [5.74, 6) is -1.72. The lowest BCUT2D eigenvalue weighted by Gasteiger charge is -2.47. The topological polar surface area (TPSA) is 82.5 Å². The number of piperidine rings is 2. The predicted molar refractivity (Wildman–Crippen MR) is 113 cm³/mol. The molecule has 0 bridgehead atoms. The lowest BCUT2D eigenvalue weighted by atomic mass is 9.71. The highest BCUT2D eigenvalue weighted by Crippen LogP contribution is 2.42. The van der Waals surface area contributed by atoms with Crippen LogP contribution in [0.15, 0.2) is 36.5 Å². The van der Waals surface area contributed by atoms with Gasteiger partial charge in [0.15, 0.2) is 5.82 Å². The number of likely N-dealkylation sites (tertiary alicyclic amines) is 1. The smallest absolute Gasteiger partial charge is 0.475 e. The van der Waals surface area contributed by atoms with Gasteiger partial charge in [0, 0.05) is 25.8 Å². The number of carboxylic acids is 1.